The average Bonchev–Trinajstić information content (AvgIpc) is 2.34. The monoisotopic (exact) mass is 224 g/mol. The summed E-state index contributed by atoms with van der Waals surface area (Å²) in [6.45, 7) is 12.1. The van der Waals surface area contributed by atoms with Crippen LogP contribution in [0.5, 0.6) is 0 Å². The lowest BCUT2D eigenvalue weighted by atomic mass is 10.2. The van der Waals surface area contributed by atoms with Crippen LogP contribution < -0.4 is 0 Å². The molecule has 2 nitrogen and oxygen atoms in total. The summed E-state index contributed by atoms with van der Waals surface area (Å²) in [6.07, 6.45) is 3.63. The first-order valence-electron chi connectivity index (χ1n) is 6.63. The molecule has 0 aromatic rings. The van der Waals surface area contributed by atoms with Gasteiger partial charge in [0.15, 0.2) is 0 Å². The molecule has 0 bridgehead atoms. The van der Waals surface area contributed by atoms with Crippen molar-refractivity contribution in [2.75, 3.05) is 39.8 Å². The van der Waals surface area contributed by atoms with Gasteiger partial charge < -0.3 is 9.80 Å². The number of piperazine rings is 1. The van der Waals surface area contributed by atoms with Gasteiger partial charge in [-0.2, -0.15) is 0 Å². The molecule has 0 radical (unpaired) electrons. The molecule has 1 heterocycles. The van der Waals surface area contributed by atoms with Crippen LogP contribution >= 0.6 is 0 Å². The van der Waals surface area contributed by atoms with Crippen molar-refractivity contribution < 1.29 is 0 Å². The highest BCUT2D eigenvalue weighted by molar-refractivity contribution is 4.94. The lowest BCUT2D eigenvalue weighted by molar-refractivity contribution is 0.152. The van der Waals surface area contributed by atoms with E-state index >= 15 is 0 Å². The third kappa shape index (κ3) is 7.73. The highest BCUT2D eigenvalue weighted by Gasteiger charge is 2.12. The fourth-order valence-electron chi connectivity index (χ4n) is 1.75. The van der Waals surface area contributed by atoms with Crippen LogP contribution in [0.15, 0.2) is 0 Å². The Kier molecular flexibility index (Phi) is 10.6. The maximum Gasteiger partial charge on any atom is 0.0110 e. The summed E-state index contributed by atoms with van der Waals surface area (Å²) in [5.74, 6) is 6.06. The molecule has 1 fully saturated rings. The first-order chi connectivity index (χ1) is 7.83. The zero-order valence-electron chi connectivity index (χ0n) is 11.6. The lowest BCUT2D eigenvalue weighted by Gasteiger charge is -2.32. The second kappa shape index (κ2) is 11.0. The SMILES string of the molecule is CC.CC#CCCCCN1CCN(C)CC1. The van der Waals surface area contributed by atoms with Crippen LogP contribution in [0.2, 0.25) is 0 Å². The average molecular weight is 224 g/mol. The van der Waals surface area contributed by atoms with E-state index in [1.165, 1.54) is 45.6 Å². The minimum absolute atomic E-state index is 1.07. The second-order valence-corrected chi connectivity index (χ2v) is 4.03. The zero-order chi connectivity index (χ0) is 12.2. The summed E-state index contributed by atoms with van der Waals surface area (Å²) in [4.78, 5) is 4.97. The molecule has 0 aromatic carbocycles. The topological polar surface area (TPSA) is 6.48 Å². The number of hydrogen-bond acceptors (Lipinski definition) is 2. The van der Waals surface area contributed by atoms with Crippen LogP contribution in [-0.2, 0) is 0 Å². The fraction of sp³-hybridized carbons (Fsp3) is 0.857. The van der Waals surface area contributed by atoms with Crippen LogP contribution in [0.1, 0.15) is 40.0 Å². The number of hydrogen-bond donors (Lipinski definition) is 0. The number of unbranched alkanes of at least 4 members (excludes halogenated alkanes) is 2. The van der Waals surface area contributed by atoms with Crippen molar-refractivity contribution in [3.05, 3.63) is 0 Å². The Balaban J connectivity index is 0.00000106. The van der Waals surface area contributed by atoms with Gasteiger partial charge in [0.2, 0.25) is 0 Å². The first-order valence-corrected chi connectivity index (χ1v) is 6.63. The summed E-state index contributed by atoms with van der Waals surface area (Å²) in [7, 11) is 2.20. The summed E-state index contributed by atoms with van der Waals surface area (Å²) < 4.78 is 0. The number of rotatable bonds is 4. The van der Waals surface area contributed by atoms with Gasteiger partial charge in [-0.15, -0.1) is 11.8 Å². The summed E-state index contributed by atoms with van der Waals surface area (Å²) in [6, 6.07) is 0. The van der Waals surface area contributed by atoms with Gasteiger partial charge in [-0.05, 0) is 33.4 Å². The molecule has 94 valence electrons. The van der Waals surface area contributed by atoms with E-state index in [4.69, 9.17) is 0 Å². The molecule has 1 aliphatic rings. The van der Waals surface area contributed by atoms with Gasteiger partial charge in [-0.1, -0.05) is 13.8 Å². The molecule has 2 heteroatoms. The Morgan fingerprint density at radius 1 is 1.00 bits per heavy atom. The molecular weight excluding hydrogens is 196 g/mol. The standard InChI is InChI=1S/C12H22N2.C2H6/c1-3-4-5-6-7-8-14-11-9-13(2)10-12-14;1-2/h5-12H2,1-2H3;1-2H3. The van der Waals surface area contributed by atoms with E-state index < -0.39 is 0 Å². The van der Waals surface area contributed by atoms with Gasteiger partial charge in [0.25, 0.3) is 0 Å². The Morgan fingerprint density at radius 2 is 1.62 bits per heavy atom. The van der Waals surface area contributed by atoms with Crippen molar-refractivity contribution in [2.45, 2.75) is 40.0 Å². The van der Waals surface area contributed by atoms with E-state index in [1.54, 1.807) is 0 Å². The largest absolute Gasteiger partial charge is 0.304 e. The van der Waals surface area contributed by atoms with E-state index in [9.17, 15) is 0 Å². The first kappa shape index (κ1) is 15.5. The summed E-state index contributed by atoms with van der Waals surface area (Å²) >= 11 is 0. The molecule has 1 rings (SSSR count). The van der Waals surface area contributed by atoms with Gasteiger partial charge in [0.05, 0.1) is 0 Å². The fourth-order valence-corrected chi connectivity index (χ4v) is 1.75. The van der Waals surface area contributed by atoms with Gasteiger partial charge in [-0.3, -0.25) is 0 Å². The van der Waals surface area contributed by atoms with Gasteiger partial charge in [0, 0.05) is 32.6 Å². The predicted octanol–water partition coefficient (Wildman–Crippen LogP) is 2.45. The van der Waals surface area contributed by atoms with Crippen LogP contribution in [0.3, 0.4) is 0 Å². The molecule has 1 saturated heterocycles. The molecule has 0 saturated carbocycles. The van der Waals surface area contributed by atoms with E-state index in [0.717, 1.165) is 6.42 Å². The zero-order valence-corrected chi connectivity index (χ0v) is 11.6. The lowest BCUT2D eigenvalue weighted by Crippen LogP contribution is -2.44. The van der Waals surface area contributed by atoms with Crippen molar-refractivity contribution in [1.82, 2.24) is 9.80 Å². The quantitative estimate of drug-likeness (QED) is 0.534. The van der Waals surface area contributed by atoms with Crippen LogP contribution in [0.25, 0.3) is 0 Å². The van der Waals surface area contributed by atoms with Crippen molar-refractivity contribution in [3.8, 4) is 11.8 Å². The number of likely N-dealkylation sites (N-methyl/N-ethyl adjacent to an activating group) is 1. The van der Waals surface area contributed by atoms with E-state index in [2.05, 4.69) is 28.7 Å². The van der Waals surface area contributed by atoms with Crippen molar-refractivity contribution in [3.63, 3.8) is 0 Å². The maximum absolute atomic E-state index is 3.12. The number of nitrogens with zero attached hydrogens (tertiary/aromatic N) is 2. The van der Waals surface area contributed by atoms with Gasteiger partial charge >= 0.3 is 0 Å². The molecule has 0 amide bonds. The minimum Gasteiger partial charge on any atom is -0.304 e. The molecule has 1 aliphatic heterocycles. The normalized spacial score (nSPS) is 17.0. The van der Waals surface area contributed by atoms with Crippen molar-refractivity contribution in [1.29, 1.82) is 0 Å². The molecule has 16 heavy (non-hydrogen) atoms. The third-order valence-corrected chi connectivity index (χ3v) is 2.80. The maximum atomic E-state index is 3.12. The summed E-state index contributed by atoms with van der Waals surface area (Å²) in [5, 5.41) is 0. The van der Waals surface area contributed by atoms with Crippen LogP contribution in [0.4, 0.5) is 0 Å². The molecule has 0 N–H and O–H groups in total. The molecule has 0 aliphatic carbocycles. The van der Waals surface area contributed by atoms with Crippen molar-refractivity contribution in [2.24, 2.45) is 0 Å². The Labute approximate surface area is 102 Å². The molecule has 0 aromatic heterocycles. The molecule has 0 spiro atoms. The molecule has 0 unspecified atom stereocenters. The van der Waals surface area contributed by atoms with Crippen molar-refractivity contribution >= 4 is 0 Å². The smallest absolute Gasteiger partial charge is 0.0110 e. The van der Waals surface area contributed by atoms with Crippen LogP contribution in [0, 0.1) is 11.8 Å². The minimum atomic E-state index is 1.07. The van der Waals surface area contributed by atoms with Crippen LogP contribution in [-0.4, -0.2) is 49.6 Å². The molecular formula is C14H28N2. The van der Waals surface area contributed by atoms with E-state index in [1.807, 2.05) is 20.8 Å². The molecule has 0 atom stereocenters. The highest BCUT2D eigenvalue weighted by atomic mass is 15.2. The second-order valence-electron chi connectivity index (χ2n) is 4.03. The predicted molar refractivity (Wildman–Crippen MR) is 72.6 cm³/mol. The van der Waals surface area contributed by atoms with Gasteiger partial charge in [0.1, 0.15) is 0 Å². The van der Waals surface area contributed by atoms with Gasteiger partial charge in [-0.25, -0.2) is 0 Å². The highest BCUT2D eigenvalue weighted by Crippen LogP contribution is 2.02. The Bertz CT molecular complexity index is 195. The van der Waals surface area contributed by atoms with E-state index in [0.29, 0.717) is 0 Å². The third-order valence-electron chi connectivity index (χ3n) is 2.80. The summed E-state index contributed by atoms with van der Waals surface area (Å²) in [5.41, 5.74) is 0. The van der Waals surface area contributed by atoms with E-state index in [-0.39, 0.29) is 0 Å². The Hall–Kier alpha value is -0.520. The Morgan fingerprint density at radius 3 is 2.19 bits per heavy atom.